The second-order valence-electron chi connectivity index (χ2n) is 6.84. The van der Waals surface area contributed by atoms with Crippen LogP contribution in [0.15, 0.2) is 18.5 Å². The van der Waals surface area contributed by atoms with Gasteiger partial charge in [0.2, 0.25) is 5.88 Å². The van der Waals surface area contributed by atoms with Crippen molar-refractivity contribution in [3.63, 3.8) is 0 Å². The van der Waals surface area contributed by atoms with Gasteiger partial charge >= 0.3 is 0 Å². The van der Waals surface area contributed by atoms with E-state index in [2.05, 4.69) is 33.1 Å². The predicted molar refractivity (Wildman–Crippen MR) is 89.7 cm³/mol. The third-order valence-electron chi connectivity index (χ3n) is 5.19. The smallest absolute Gasteiger partial charge is 0.260 e. The van der Waals surface area contributed by atoms with Gasteiger partial charge in [-0.3, -0.25) is 15.6 Å². The van der Waals surface area contributed by atoms with Crippen LogP contribution in [0.25, 0.3) is 5.65 Å². The molecule has 0 aliphatic carbocycles. The molecule has 2 N–H and O–H groups in total. The second kappa shape index (κ2) is 6.93. The van der Waals surface area contributed by atoms with E-state index in [1.807, 2.05) is 4.90 Å². The zero-order valence-corrected chi connectivity index (χ0v) is 14.3. The van der Waals surface area contributed by atoms with Crippen molar-refractivity contribution in [1.82, 2.24) is 35.6 Å². The lowest BCUT2D eigenvalue weighted by molar-refractivity contribution is -0.135. The van der Waals surface area contributed by atoms with Crippen LogP contribution in [-0.2, 0) is 4.79 Å². The Labute approximate surface area is 145 Å². The van der Waals surface area contributed by atoms with Gasteiger partial charge in [-0.05, 0) is 30.7 Å². The highest BCUT2D eigenvalue weighted by Crippen LogP contribution is 2.26. The largest absolute Gasteiger partial charge is 0.467 e. The van der Waals surface area contributed by atoms with E-state index in [0.717, 1.165) is 32.5 Å². The Hall–Kier alpha value is -2.26. The minimum absolute atomic E-state index is 0.00490. The minimum atomic E-state index is 0.00490. The Morgan fingerprint density at radius 1 is 1.36 bits per heavy atom. The number of ether oxygens (including phenoxy) is 1. The van der Waals surface area contributed by atoms with Crippen LogP contribution in [0.5, 0.6) is 5.88 Å². The molecule has 2 aromatic rings. The zero-order valence-electron chi connectivity index (χ0n) is 14.3. The van der Waals surface area contributed by atoms with Crippen LogP contribution >= 0.6 is 0 Å². The van der Waals surface area contributed by atoms with E-state index < -0.39 is 0 Å². The van der Waals surface area contributed by atoms with Crippen LogP contribution < -0.4 is 15.6 Å². The van der Waals surface area contributed by atoms with Gasteiger partial charge in [-0.15, -0.1) is 15.3 Å². The number of carbonyl (C=O) groups excluding carboxylic acids is 1. The van der Waals surface area contributed by atoms with Gasteiger partial charge in [0, 0.05) is 31.7 Å². The highest BCUT2D eigenvalue weighted by Gasteiger charge is 2.33. The molecule has 4 heterocycles. The van der Waals surface area contributed by atoms with Crippen LogP contribution in [0.4, 0.5) is 0 Å². The van der Waals surface area contributed by atoms with Crippen LogP contribution in [0.1, 0.15) is 19.8 Å². The van der Waals surface area contributed by atoms with Gasteiger partial charge in [-0.1, -0.05) is 6.92 Å². The van der Waals surface area contributed by atoms with Crippen LogP contribution in [-0.4, -0.2) is 62.9 Å². The number of likely N-dealkylation sites (tertiary alicyclic amines) is 1. The molecule has 0 spiro atoms. The number of hydrazine groups is 1. The van der Waals surface area contributed by atoms with Crippen LogP contribution in [0.2, 0.25) is 0 Å². The maximum Gasteiger partial charge on any atom is 0.260 e. The van der Waals surface area contributed by atoms with Crippen molar-refractivity contribution in [2.75, 3.05) is 26.2 Å². The van der Waals surface area contributed by atoms with Crippen molar-refractivity contribution in [3.05, 3.63) is 18.5 Å². The molecule has 25 heavy (non-hydrogen) atoms. The van der Waals surface area contributed by atoms with E-state index in [-0.39, 0.29) is 12.5 Å². The summed E-state index contributed by atoms with van der Waals surface area (Å²) in [5.74, 6) is 1.65. The van der Waals surface area contributed by atoms with Crippen molar-refractivity contribution < 1.29 is 9.53 Å². The Bertz CT molecular complexity index is 741. The molecule has 2 atom stereocenters. The molecule has 2 aliphatic rings. The maximum absolute atomic E-state index is 12.4. The van der Waals surface area contributed by atoms with Crippen molar-refractivity contribution >= 4 is 11.6 Å². The number of nitrogens with zero attached hydrogens (tertiary/aromatic N) is 5. The molecule has 2 aromatic heterocycles. The normalized spacial score (nSPS) is 24.8. The second-order valence-corrected chi connectivity index (χ2v) is 6.84. The lowest BCUT2D eigenvalue weighted by atomic mass is 9.84. The third kappa shape index (κ3) is 3.42. The van der Waals surface area contributed by atoms with Crippen molar-refractivity contribution in [2.24, 2.45) is 11.8 Å². The average Bonchev–Trinajstić information content (AvgIpc) is 3.28. The van der Waals surface area contributed by atoms with Gasteiger partial charge in [0.15, 0.2) is 12.3 Å². The monoisotopic (exact) mass is 345 g/mol. The van der Waals surface area contributed by atoms with Gasteiger partial charge < -0.3 is 9.64 Å². The molecule has 2 saturated heterocycles. The summed E-state index contributed by atoms with van der Waals surface area (Å²) in [6.45, 7) is 4.86. The number of nitrogens with one attached hydrogen (secondary N) is 2. The molecular formula is C16H23N7O2. The quantitative estimate of drug-likeness (QED) is 0.796. The summed E-state index contributed by atoms with van der Waals surface area (Å²) in [6.07, 6.45) is 3.56. The predicted octanol–water partition coefficient (Wildman–Crippen LogP) is -0.146. The number of hydrogen-bond donors (Lipinski definition) is 2. The van der Waals surface area contributed by atoms with Gasteiger partial charge in [0.1, 0.15) is 6.33 Å². The average molecular weight is 345 g/mol. The highest BCUT2D eigenvalue weighted by molar-refractivity contribution is 5.77. The van der Waals surface area contributed by atoms with E-state index >= 15 is 0 Å². The zero-order chi connectivity index (χ0) is 17.2. The van der Waals surface area contributed by atoms with Crippen molar-refractivity contribution in [3.8, 4) is 5.88 Å². The van der Waals surface area contributed by atoms with Crippen LogP contribution in [0, 0.1) is 11.8 Å². The van der Waals surface area contributed by atoms with Crippen molar-refractivity contribution in [2.45, 2.75) is 25.8 Å². The molecule has 0 saturated carbocycles. The fourth-order valence-corrected chi connectivity index (χ4v) is 3.71. The summed E-state index contributed by atoms with van der Waals surface area (Å²) in [4.78, 5) is 14.3. The summed E-state index contributed by atoms with van der Waals surface area (Å²) in [6, 6.07) is 3.96. The first-order valence-electron chi connectivity index (χ1n) is 8.77. The Balaban J connectivity index is 1.27. The summed E-state index contributed by atoms with van der Waals surface area (Å²) in [5.41, 5.74) is 7.26. The summed E-state index contributed by atoms with van der Waals surface area (Å²) >= 11 is 0. The number of piperidine rings is 1. The van der Waals surface area contributed by atoms with E-state index in [9.17, 15) is 4.79 Å². The molecule has 9 nitrogen and oxygen atoms in total. The summed E-state index contributed by atoms with van der Waals surface area (Å²) < 4.78 is 7.06. The first-order chi connectivity index (χ1) is 12.2. The standard InChI is InChI=1S/C16H23N7O2/c1-11-8-17-20-16(11)12-4-6-22(7-5-12)15(24)9-25-14-3-2-13-19-18-10-23(13)21-14/h2-3,10-12,16-17,20H,4-9H2,1H3. The molecule has 2 fully saturated rings. The van der Waals surface area contributed by atoms with E-state index in [4.69, 9.17) is 4.74 Å². The molecule has 4 rings (SSSR count). The first kappa shape index (κ1) is 16.2. The van der Waals surface area contributed by atoms with Gasteiger partial charge in [0.25, 0.3) is 5.91 Å². The van der Waals surface area contributed by atoms with E-state index in [1.54, 1.807) is 12.1 Å². The Kier molecular flexibility index (Phi) is 4.50. The fourth-order valence-electron chi connectivity index (χ4n) is 3.71. The lowest BCUT2D eigenvalue weighted by Crippen LogP contribution is -2.46. The lowest BCUT2D eigenvalue weighted by Gasteiger charge is -2.35. The highest BCUT2D eigenvalue weighted by atomic mass is 16.5. The Morgan fingerprint density at radius 2 is 2.20 bits per heavy atom. The number of aromatic nitrogens is 4. The Morgan fingerprint density at radius 3 is 2.96 bits per heavy atom. The SMILES string of the molecule is CC1CNNC1C1CCN(C(=O)COc2ccc3nncn3n2)CC1. The van der Waals surface area contributed by atoms with E-state index in [1.165, 1.54) is 10.8 Å². The molecule has 0 aromatic carbocycles. The fraction of sp³-hybridized carbons (Fsp3) is 0.625. The number of hydrogen-bond acceptors (Lipinski definition) is 7. The maximum atomic E-state index is 12.4. The van der Waals surface area contributed by atoms with Gasteiger partial charge in [-0.25, -0.2) is 0 Å². The van der Waals surface area contributed by atoms with Crippen LogP contribution in [0.3, 0.4) is 0 Å². The van der Waals surface area contributed by atoms with Crippen molar-refractivity contribution in [1.29, 1.82) is 0 Å². The topological polar surface area (TPSA) is 96.7 Å². The summed E-state index contributed by atoms with van der Waals surface area (Å²) in [5, 5.41) is 11.9. The minimum Gasteiger partial charge on any atom is -0.467 e. The molecule has 1 amide bonds. The molecule has 2 aliphatic heterocycles. The molecule has 0 radical (unpaired) electrons. The third-order valence-corrected chi connectivity index (χ3v) is 5.19. The molecular weight excluding hydrogens is 322 g/mol. The van der Waals surface area contributed by atoms with Gasteiger partial charge in [0.05, 0.1) is 0 Å². The number of amides is 1. The molecule has 0 bridgehead atoms. The van der Waals surface area contributed by atoms with E-state index in [0.29, 0.717) is 29.4 Å². The molecule has 134 valence electrons. The molecule has 9 heteroatoms. The first-order valence-corrected chi connectivity index (χ1v) is 8.77. The summed E-state index contributed by atoms with van der Waals surface area (Å²) in [7, 11) is 0. The number of carbonyl (C=O) groups is 1. The molecule has 2 unspecified atom stereocenters. The van der Waals surface area contributed by atoms with Gasteiger partial charge in [-0.2, -0.15) is 4.52 Å². The number of fused-ring (bicyclic) bond motifs is 1. The number of rotatable bonds is 4.